The SMILES string of the molecule is Oc1ccc(-c2cccnc2)cc1CN(CCc1ccccc1)Cc1ccccc1. The molecule has 0 bridgehead atoms. The lowest BCUT2D eigenvalue weighted by Gasteiger charge is -2.23. The molecule has 0 aliphatic heterocycles. The van der Waals surface area contributed by atoms with E-state index in [0.717, 1.165) is 36.2 Å². The first-order valence-electron chi connectivity index (χ1n) is 10.3. The predicted octanol–water partition coefficient (Wildman–Crippen LogP) is 5.70. The maximum atomic E-state index is 10.5. The van der Waals surface area contributed by atoms with Gasteiger partial charge in [-0.25, -0.2) is 0 Å². The number of aromatic nitrogens is 1. The van der Waals surface area contributed by atoms with Crippen molar-refractivity contribution in [2.24, 2.45) is 0 Å². The van der Waals surface area contributed by atoms with E-state index in [2.05, 4.69) is 64.5 Å². The third-order valence-electron chi connectivity index (χ3n) is 5.28. The Morgan fingerprint density at radius 2 is 1.43 bits per heavy atom. The van der Waals surface area contributed by atoms with Crippen molar-refractivity contribution < 1.29 is 5.11 Å². The first-order chi connectivity index (χ1) is 14.8. The van der Waals surface area contributed by atoms with Crippen molar-refractivity contribution in [2.75, 3.05) is 6.54 Å². The number of hydrogen-bond acceptors (Lipinski definition) is 3. The minimum absolute atomic E-state index is 0.334. The molecule has 4 rings (SSSR count). The van der Waals surface area contributed by atoms with Crippen LogP contribution in [0.2, 0.25) is 0 Å². The molecule has 4 aromatic rings. The molecule has 1 heterocycles. The van der Waals surface area contributed by atoms with E-state index in [1.165, 1.54) is 11.1 Å². The molecule has 150 valence electrons. The van der Waals surface area contributed by atoms with Crippen molar-refractivity contribution in [1.29, 1.82) is 0 Å². The molecule has 0 atom stereocenters. The highest BCUT2D eigenvalue weighted by atomic mass is 16.3. The molecular weight excluding hydrogens is 368 g/mol. The third-order valence-corrected chi connectivity index (χ3v) is 5.28. The molecule has 0 spiro atoms. The molecule has 0 unspecified atom stereocenters. The van der Waals surface area contributed by atoms with Crippen LogP contribution in [0.4, 0.5) is 0 Å². The fourth-order valence-electron chi connectivity index (χ4n) is 3.65. The summed E-state index contributed by atoms with van der Waals surface area (Å²) in [5.41, 5.74) is 5.65. The van der Waals surface area contributed by atoms with Crippen molar-refractivity contribution >= 4 is 0 Å². The van der Waals surface area contributed by atoms with Crippen LogP contribution in [0.1, 0.15) is 16.7 Å². The second-order valence-corrected chi connectivity index (χ2v) is 7.52. The Balaban J connectivity index is 1.55. The molecule has 0 aliphatic carbocycles. The minimum Gasteiger partial charge on any atom is -0.508 e. The molecule has 0 aliphatic rings. The Hall–Kier alpha value is -3.43. The van der Waals surface area contributed by atoms with Gasteiger partial charge in [0.05, 0.1) is 0 Å². The van der Waals surface area contributed by atoms with Crippen LogP contribution in [-0.4, -0.2) is 21.5 Å². The summed E-state index contributed by atoms with van der Waals surface area (Å²) in [6, 6.07) is 30.8. The molecular formula is C27H26N2O. The molecule has 3 aromatic carbocycles. The molecule has 0 saturated heterocycles. The van der Waals surface area contributed by atoms with Gasteiger partial charge in [0.25, 0.3) is 0 Å². The van der Waals surface area contributed by atoms with Gasteiger partial charge < -0.3 is 5.11 Å². The van der Waals surface area contributed by atoms with Crippen LogP contribution in [0.15, 0.2) is 103 Å². The zero-order valence-electron chi connectivity index (χ0n) is 17.0. The van der Waals surface area contributed by atoms with Crippen molar-refractivity contribution in [1.82, 2.24) is 9.88 Å². The number of aromatic hydroxyl groups is 1. The van der Waals surface area contributed by atoms with Gasteiger partial charge in [0.2, 0.25) is 0 Å². The number of phenols is 1. The van der Waals surface area contributed by atoms with E-state index in [9.17, 15) is 5.11 Å². The average Bonchev–Trinajstić information content (AvgIpc) is 2.81. The van der Waals surface area contributed by atoms with Crippen LogP contribution in [0, 0.1) is 0 Å². The Morgan fingerprint density at radius 3 is 2.13 bits per heavy atom. The average molecular weight is 395 g/mol. The lowest BCUT2D eigenvalue weighted by molar-refractivity contribution is 0.256. The van der Waals surface area contributed by atoms with Gasteiger partial charge >= 0.3 is 0 Å². The first-order valence-corrected chi connectivity index (χ1v) is 10.3. The van der Waals surface area contributed by atoms with Crippen molar-refractivity contribution in [3.63, 3.8) is 0 Å². The predicted molar refractivity (Wildman–Crippen MR) is 122 cm³/mol. The normalized spacial score (nSPS) is 11.0. The topological polar surface area (TPSA) is 36.4 Å². The largest absolute Gasteiger partial charge is 0.508 e. The van der Waals surface area contributed by atoms with E-state index in [1.807, 2.05) is 36.5 Å². The number of nitrogens with zero attached hydrogens (tertiary/aromatic N) is 2. The van der Waals surface area contributed by atoms with Gasteiger partial charge in [0.1, 0.15) is 5.75 Å². The number of benzene rings is 3. The standard InChI is InChI=1S/C27H26N2O/c30-27-14-13-24(25-12-7-16-28-19-25)18-26(27)21-29(20-23-10-5-2-6-11-23)17-15-22-8-3-1-4-9-22/h1-14,16,18-19,30H,15,17,20-21H2. The number of hydrogen-bond donors (Lipinski definition) is 1. The number of phenolic OH excluding ortho intramolecular Hbond substituents is 1. The van der Waals surface area contributed by atoms with Gasteiger partial charge in [-0.2, -0.15) is 0 Å². The molecule has 1 aromatic heterocycles. The molecule has 0 amide bonds. The van der Waals surface area contributed by atoms with E-state index in [0.29, 0.717) is 12.3 Å². The second-order valence-electron chi connectivity index (χ2n) is 7.52. The second kappa shape index (κ2) is 9.86. The van der Waals surface area contributed by atoms with Crippen molar-refractivity contribution in [3.05, 3.63) is 120 Å². The summed E-state index contributed by atoms with van der Waals surface area (Å²) in [7, 11) is 0. The Bertz CT molecular complexity index is 1050. The van der Waals surface area contributed by atoms with Gasteiger partial charge in [-0.1, -0.05) is 72.8 Å². The van der Waals surface area contributed by atoms with Crippen LogP contribution in [-0.2, 0) is 19.5 Å². The van der Waals surface area contributed by atoms with Crippen LogP contribution in [0.5, 0.6) is 5.75 Å². The highest BCUT2D eigenvalue weighted by Gasteiger charge is 2.12. The van der Waals surface area contributed by atoms with Crippen LogP contribution in [0.25, 0.3) is 11.1 Å². The monoisotopic (exact) mass is 394 g/mol. The fourth-order valence-corrected chi connectivity index (χ4v) is 3.65. The van der Waals surface area contributed by atoms with E-state index < -0.39 is 0 Å². The third kappa shape index (κ3) is 5.34. The molecule has 0 saturated carbocycles. The van der Waals surface area contributed by atoms with Crippen LogP contribution >= 0.6 is 0 Å². The Labute approximate surface area is 178 Å². The molecule has 3 nitrogen and oxygen atoms in total. The van der Waals surface area contributed by atoms with Crippen molar-refractivity contribution in [3.8, 4) is 16.9 Å². The molecule has 0 radical (unpaired) electrons. The summed E-state index contributed by atoms with van der Waals surface area (Å²) in [6.07, 6.45) is 4.60. The minimum atomic E-state index is 0.334. The lowest BCUT2D eigenvalue weighted by Crippen LogP contribution is -2.25. The number of pyridine rings is 1. The number of rotatable bonds is 8. The molecule has 0 fully saturated rings. The van der Waals surface area contributed by atoms with E-state index in [-0.39, 0.29) is 0 Å². The van der Waals surface area contributed by atoms with Crippen LogP contribution in [0.3, 0.4) is 0 Å². The smallest absolute Gasteiger partial charge is 0.120 e. The zero-order valence-corrected chi connectivity index (χ0v) is 17.0. The lowest BCUT2D eigenvalue weighted by atomic mass is 10.0. The molecule has 30 heavy (non-hydrogen) atoms. The first kappa shape index (κ1) is 19.9. The summed E-state index contributed by atoms with van der Waals surface area (Å²) in [5.74, 6) is 0.334. The summed E-state index contributed by atoms with van der Waals surface area (Å²) < 4.78 is 0. The Kier molecular flexibility index (Phi) is 6.53. The summed E-state index contributed by atoms with van der Waals surface area (Å²) in [6.45, 7) is 2.43. The van der Waals surface area contributed by atoms with Crippen LogP contribution < -0.4 is 0 Å². The van der Waals surface area contributed by atoms with Gasteiger partial charge in [-0.15, -0.1) is 0 Å². The molecule has 1 N–H and O–H groups in total. The Morgan fingerprint density at radius 1 is 0.700 bits per heavy atom. The van der Waals surface area contributed by atoms with Gasteiger partial charge in [0, 0.05) is 43.2 Å². The highest BCUT2D eigenvalue weighted by molar-refractivity contribution is 5.64. The maximum absolute atomic E-state index is 10.5. The summed E-state index contributed by atoms with van der Waals surface area (Å²) >= 11 is 0. The highest BCUT2D eigenvalue weighted by Crippen LogP contribution is 2.27. The quantitative estimate of drug-likeness (QED) is 0.416. The van der Waals surface area contributed by atoms with Crippen molar-refractivity contribution in [2.45, 2.75) is 19.5 Å². The fraction of sp³-hybridized carbons (Fsp3) is 0.148. The van der Waals surface area contributed by atoms with Gasteiger partial charge in [-0.3, -0.25) is 9.88 Å². The summed E-state index contributed by atoms with van der Waals surface area (Å²) in [5, 5.41) is 10.5. The summed E-state index contributed by atoms with van der Waals surface area (Å²) in [4.78, 5) is 6.61. The van der Waals surface area contributed by atoms with E-state index >= 15 is 0 Å². The van der Waals surface area contributed by atoms with Gasteiger partial charge in [-0.05, 0) is 41.3 Å². The van der Waals surface area contributed by atoms with E-state index in [4.69, 9.17) is 0 Å². The zero-order chi connectivity index (χ0) is 20.6. The van der Waals surface area contributed by atoms with Gasteiger partial charge in [0.15, 0.2) is 0 Å². The van der Waals surface area contributed by atoms with E-state index in [1.54, 1.807) is 12.3 Å². The molecule has 3 heteroatoms. The maximum Gasteiger partial charge on any atom is 0.120 e.